The van der Waals surface area contributed by atoms with Gasteiger partial charge in [-0.1, -0.05) is 133 Å². The molecule has 0 radical (unpaired) electrons. The second-order valence-corrected chi connectivity index (χ2v) is 12.0. The predicted octanol–water partition coefficient (Wildman–Crippen LogP) is 12.0. The summed E-state index contributed by atoms with van der Waals surface area (Å²) in [5, 5.41) is 3.82. The van der Waals surface area contributed by atoms with Crippen LogP contribution in [0.1, 0.15) is 6.85 Å². The van der Waals surface area contributed by atoms with Gasteiger partial charge in [-0.05, 0) is 47.0 Å². The van der Waals surface area contributed by atoms with Crippen molar-refractivity contribution in [2.45, 2.75) is 0 Å². The van der Waals surface area contributed by atoms with Crippen LogP contribution in [0.4, 0.5) is 0 Å². The van der Waals surface area contributed by atoms with E-state index in [-0.39, 0.29) is 23.0 Å². The molecule has 0 spiro atoms. The van der Waals surface area contributed by atoms with Gasteiger partial charge in [-0.25, -0.2) is 15.0 Å². The molecule has 7 aromatic carbocycles. The molecule has 0 fully saturated rings. The lowest BCUT2D eigenvalue weighted by Crippen LogP contribution is -2.00. The number of hydrogen-bond donors (Lipinski definition) is 0. The fraction of sp³-hybridized carbons (Fsp3) is 0. The van der Waals surface area contributed by atoms with Crippen molar-refractivity contribution in [3.63, 3.8) is 0 Å². The van der Waals surface area contributed by atoms with E-state index in [0.717, 1.165) is 55.0 Å². The van der Waals surface area contributed by atoms with Crippen molar-refractivity contribution in [1.29, 1.82) is 0 Å². The molecular formula is C45H27N3O2. The van der Waals surface area contributed by atoms with E-state index < -0.39 is 30.2 Å². The lowest BCUT2D eigenvalue weighted by Gasteiger charge is -2.09. The molecule has 10 aromatic rings. The quantitative estimate of drug-likeness (QED) is 0.186. The Labute approximate surface area is 294 Å². The maximum atomic E-state index is 8.66. The second kappa shape index (κ2) is 11.4. The van der Waals surface area contributed by atoms with E-state index in [1.54, 1.807) is 0 Å². The highest BCUT2D eigenvalue weighted by Gasteiger charge is 2.20. The van der Waals surface area contributed by atoms with Crippen molar-refractivity contribution in [3.05, 3.63) is 164 Å². The van der Waals surface area contributed by atoms with Gasteiger partial charge in [0.15, 0.2) is 17.5 Å². The zero-order valence-corrected chi connectivity index (χ0v) is 26.4. The van der Waals surface area contributed by atoms with E-state index >= 15 is 0 Å². The molecule has 0 aliphatic carbocycles. The topological polar surface area (TPSA) is 65.0 Å². The molecule has 0 amide bonds. The number of benzene rings is 7. The summed E-state index contributed by atoms with van der Waals surface area (Å²) in [6.45, 7) is 0. The van der Waals surface area contributed by atoms with Crippen molar-refractivity contribution >= 4 is 43.9 Å². The molecule has 234 valence electrons. The molecule has 0 unspecified atom stereocenters. The van der Waals surface area contributed by atoms with Gasteiger partial charge in [0.05, 0.1) is 12.4 Å². The largest absolute Gasteiger partial charge is 0.455 e. The molecule has 0 saturated heterocycles. The van der Waals surface area contributed by atoms with Crippen molar-refractivity contribution in [2.75, 3.05) is 0 Å². The van der Waals surface area contributed by atoms with Gasteiger partial charge in [-0.3, -0.25) is 0 Å². The first-order valence-corrected chi connectivity index (χ1v) is 16.2. The SMILES string of the molecule is [2H]c1c([2H])c([2H])c(-c2nc(-c3ccccc3)nc(-c3cccc4c3oc3ccc(-c5ccc(-c6ccccc6)c6c5oc5ccccc56)cc34)n2)c([2H])c1[2H]. The van der Waals surface area contributed by atoms with Crippen LogP contribution in [0.15, 0.2) is 173 Å². The molecule has 0 aliphatic rings. The molecule has 5 heteroatoms. The van der Waals surface area contributed by atoms with Crippen molar-refractivity contribution in [2.24, 2.45) is 0 Å². The van der Waals surface area contributed by atoms with E-state index in [9.17, 15) is 0 Å². The van der Waals surface area contributed by atoms with Gasteiger partial charge in [0, 0.05) is 38.2 Å². The number of nitrogens with zero attached hydrogens (tertiary/aromatic N) is 3. The third kappa shape index (κ3) is 4.60. The highest BCUT2D eigenvalue weighted by molar-refractivity contribution is 6.17. The van der Waals surface area contributed by atoms with E-state index in [2.05, 4.69) is 41.4 Å². The molecule has 0 saturated carbocycles. The summed E-state index contributed by atoms with van der Waals surface area (Å²) in [6, 6.07) is 41.6. The van der Waals surface area contributed by atoms with Crippen LogP contribution in [-0.2, 0) is 0 Å². The molecule has 0 N–H and O–H groups in total. The van der Waals surface area contributed by atoms with Crippen LogP contribution in [0.3, 0.4) is 0 Å². The number of fused-ring (bicyclic) bond motifs is 6. The monoisotopic (exact) mass is 646 g/mol. The van der Waals surface area contributed by atoms with Gasteiger partial charge in [0.1, 0.15) is 22.3 Å². The maximum absolute atomic E-state index is 8.66. The Balaban J connectivity index is 1.17. The van der Waals surface area contributed by atoms with Gasteiger partial charge in [-0.15, -0.1) is 0 Å². The number of para-hydroxylation sites is 2. The Hall–Kier alpha value is -6.85. The lowest BCUT2D eigenvalue weighted by atomic mass is 9.94. The Morgan fingerprint density at radius 1 is 0.400 bits per heavy atom. The van der Waals surface area contributed by atoms with E-state index in [1.165, 1.54) is 0 Å². The standard InChI is InChI=1S/C45H27N3O2/c1-4-13-28(14-5-1)32-24-25-33(42-40(32)35-19-10-11-22-38(35)50-42)31-23-26-39-37(27-31)34-20-12-21-36(41(34)49-39)45-47-43(29-15-6-2-7-16-29)46-44(48-45)30-17-8-3-9-18-30/h1-27H/i2D,6D,7D,15D,16D. The molecule has 50 heavy (non-hydrogen) atoms. The Morgan fingerprint density at radius 3 is 1.86 bits per heavy atom. The minimum atomic E-state index is -0.490. The van der Waals surface area contributed by atoms with Crippen LogP contribution in [0.2, 0.25) is 0 Å². The van der Waals surface area contributed by atoms with Crippen LogP contribution in [0.25, 0.3) is 100 Å². The zero-order chi connectivity index (χ0) is 37.4. The molecule has 0 bridgehead atoms. The summed E-state index contributed by atoms with van der Waals surface area (Å²) in [4.78, 5) is 14.2. The molecule has 5 nitrogen and oxygen atoms in total. The van der Waals surface area contributed by atoms with Crippen LogP contribution in [0.5, 0.6) is 0 Å². The molecule has 0 aliphatic heterocycles. The van der Waals surface area contributed by atoms with E-state index in [1.807, 2.05) is 97.1 Å². The normalized spacial score (nSPS) is 13.0. The first-order valence-electron chi connectivity index (χ1n) is 18.7. The predicted molar refractivity (Wildman–Crippen MR) is 202 cm³/mol. The molecule has 3 aromatic heterocycles. The average molecular weight is 647 g/mol. The smallest absolute Gasteiger partial charge is 0.167 e. The average Bonchev–Trinajstić information content (AvgIpc) is 3.81. The van der Waals surface area contributed by atoms with Crippen LogP contribution in [-0.4, -0.2) is 15.0 Å². The molecule has 0 atom stereocenters. The fourth-order valence-corrected chi connectivity index (χ4v) is 6.74. The van der Waals surface area contributed by atoms with Gasteiger partial charge < -0.3 is 8.83 Å². The first-order chi connectivity index (χ1) is 26.9. The summed E-state index contributed by atoms with van der Waals surface area (Å²) in [5.41, 5.74) is 8.07. The summed E-state index contributed by atoms with van der Waals surface area (Å²) >= 11 is 0. The van der Waals surface area contributed by atoms with Gasteiger partial charge in [0.2, 0.25) is 0 Å². The van der Waals surface area contributed by atoms with E-state index in [4.69, 9.17) is 25.7 Å². The Kier molecular flexibility index (Phi) is 5.35. The summed E-state index contributed by atoms with van der Waals surface area (Å²) in [7, 11) is 0. The Bertz CT molecular complexity index is 3130. The molecule has 3 heterocycles. The van der Waals surface area contributed by atoms with Crippen molar-refractivity contribution < 1.29 is 15.7 Å². The van der Waals surface area contributed by atoms with E-state index in [0.29, 0.717) is 22.3 Å². The Morgan fingerprint density at radius 2 is 1.04 bits per heavy atom. The number of aromatic nitrogens is 3. The first kappa shape index (κ1) is 23.5. The minimum Gasteiger partial charge on any atom is -0.455 e. The lowest BCUT2D eigenvalue weighted by molar-refractivity contribution is 0.668. The fourth-order valence-electron chi connectivity index (χ4n) is 6.74. The number of furan rings is 2. The van der Waals surface area contributed by atoms with Crippen molar-refractivity contribution in [3.8, 4) is 56.4 Å². The van der Waals surface area contributed by atoms with Gasteiger partial charge in [-0.2, -0.15) is 0 Å². The summed E-state index contributed by atoms with van der Waals surface area (Å²) in [5.74, 6) is 0.489. The highest BCUT2D eigenvalue weighted by atomic mass is 16.3. The maximum Gasteiger partial charge on any atom is 0.167 e. The van der Waals surface area contributed by atoms with Crippen LogP contribution in [0, 0.1) is 0 Å². The molecule has 10 rings (SSSR count). The summed E-state index contributed by atoms with van der Waals surface area (Å²) < 4.78 is 55.1. The highest BCUT2D eigenvalue weighted by Crippen LogP contribution is 2.43. The number of rotatable bonds is 5. The van der Waals surface area contributed by atoms with Crippen molar-refractivity contribution in [1.82, 2.24) is 15.0 Å². The molecular weight excluding hydrogens is 615 g/mol. The number of hydrogen-bond acceptors (Lipinski definition) is 5. The van der Waals surface area contributed by atoms with Gasteiger partial charge >= 0.3 is 0 Å². The zero-order valence-electron chi connectivity index (χ0n) is 31.4. The van der Waals surface area contributed by atoms with Crippen LogP contribution >= 0.6 is 0 Å². The second-order valence-electron chi connectivity index (χ2n) is 12.0. The third-order valence-electron chi connectivity index (χ3n) is 9.05. The minimum absolute atomic E-state index is 0.0370. The third-order valence-corrected chi connectivity index (χ3v) is 9.05. The van der Waals surface area contributed by atoms with Crippen LogP contribution < -0.4 is 0 Å². The van der Waals surface area contributed by atoms with Gasteiger partial charge in [0.25, 0.3) is 0 Å². The summed E-state index contributed by atoms with van der Waals surface area (Å²) in [6.07, 6.45) is 0.